The molecule has 0 aromatic heterocycles. The maximum atomic E-state index is 11.0. The number of aliphatic carboxylic acids is 1. The second-order valence-electron chi connectivity index (χ2n) is 4.23. The lowest BCUT2D eigenvalue weighted by Gasteiger charge is -2.16. The Labute approximate surface area is 101 Å². The maximum absolute atomic E-state index is 11.0. The molecule has 1 unspecified atom stereocenters. The second-order valence-corrected chi connectivity index (χ2v) is 4.23. The first-order valence-electron chi connectivity index (χ1n) is 5.52. The van der Waals surface area contributed by atoms with E-state index in [0.717, 1.165) is 11.3 Å². The Kier molecular flexibility index (Phi) is 4.52. The fourth-order valence-electron chi connectivity index (χ4n) is 1.75. The Hall–Kier alpha value is -1.55. The van der Waals surface area contributed by atoms with Crippen molar-refractivity contribution in [1.82, 2.24) is 0 Å². The third-order valence-electron chi connectivity index (χ3n) is 2.76. The highest BCUT2D eigenvalue weighted by molar-refractivity contribution is 5.76. The number of hydrogen-bond donors (Lipinski definition) is 2. The highest BCUT2D eigenvalue weighted by atomic mass is 16.5. The van der Waals surface area contributed by atoms with E-state index in [-0.39, 0.29) is 5.92 Å². The third-order valence-corrected chi connectivity index (χ3v) is 2.76. The number of methoxy groups -OCH3 is 1. The first-order chi connectivity index (χ1) is 8.01. The van der Waals surface area contributed by atoms with Gasteiger partial charge in [0.25, 0.3) is 0 Å². The van der Waals surface area contributed by atoms with Gasteiger partial charge in [-0.15, -0.1) is 0 Å². The number of rotatable bonds is 5. The Balaban J connectivity index is 3.19. The highest BCUT2D eigenvalue weighted by Crippen LogP contribution is 2.29. The molecule has 4 nitrogen and oxygen atoms in total. The molecule has 1 rings (SSSR count). The van der Waals surface area contributed by atoms with Gasteiger partial charge >= 0.3 is 5.97 Å². The summed E-state index contributed by atoms with van der Waals surface area (Å²) in [6.45, 7) is 3.62. The summed E-state index contributed by atoms with van der Waals surface area (Å²) >= 11 is 0. The minimum absolute atomic E-state index is 0.234. The summed E-state index contributed by atoms with van der Waals surface area (Å²) in [5.74, 6) is -0.922. The molecule has 2 N–H and O–H groups in total. The van der Waals surface area contributed by atoms with E-state index >= 15 is 0 Å². The molecule has 94 valence electrons. The van der Waals surface area contributed by atoms with E-state index in [0.29, 0.717) is 5.56 Å². The predicted octanol–water partition coefficient (Wildman–Crippen LogP) is 1.98. The van der Waals surface area contributed by atoms with Gasteiger partial charge in [-0.25, -0.2) is 0 Å². The van der Waals surface area contributed by atoms with Crippen molar-refractivity contribution in [3.05, 3.63) is 29.3 Å². The molecule has 17 heavy (non-hydrogen) atoms. The van der Waals surface area contributed by atoms with E-state index < -0.39 is 18.5 Å². The van der Waals surface area contributed by atoms with Crippen LogP contribution in [0.5, 0.6) is 5.75 Å². The van der Waals surface area contributed by atoms with Gasteiger partial charge in [0.2, 0.25) is 0 Å². The molecule has 0 bridgehead atoms. The summed E-state index contributed by atoms with van der Waals surface area (Å²) < 4.78 is 5.23. The fraction of sp³-hybridized carbons (Fsp3) is 0.462. The van der Waals surface area contributed by atoms with Crippen LogP contribution in [0.3, 0.4) is 0 Å². The standard InChI is InChI=1S/C13H18O4/c1-8(2)10-6-9(4-5-12(10)17-3)11(7-14)13(15)16/h4-6,8,11,14H,7H2,1-3H3,(H,15,16). The molecule has 0 radical (unpaired) electrons. The first-order valence-corrected chi connectivity index (χ1v) is 5.52. The van der Waals surface area contributed by atoms with Gasteiger partial charge in [-0.05, 0) is 23.1 Å². The SMILES string of the molecule is COc1ccc(C(CO)C(=O)O)cc1C(C)C. The normalized spacial score (nSPS) is 12.5. The fourth-order valence-corrected chi connectivity index (χ4v) is 1.75. The summed E-state index contributed by atoms with van der Waals surface area (Å²) in [6, 6.07) is 5.22. The summed E-state index contributed by atoms with van der Waals surface area (Å²) in [4.78, 5) is 11.0. The summed E-state index contributed by atoms with van der Waals surface area (Å²) in [5, 5.41) is 18.1. The van der Waals surface area contributed by atoms with Crippen molar-refractivity contribution in [1.29, 1.82) is 0 Å². The van der Waals surface area contributed by atoms with E-state index in [1.165, 1.54) is 0 Å². The predicted molar refractivity (Wildman–Crippen MR) is 64.5 cm³/mol. The molecule has 0 aliphatic carbocycles. The lowest BCUT2D eigenvalue weighted by Crippen LogP contribution is -2.16. The Morgan fingerprint density at radius 2 is 2.06 bits per heavy atom. The number of hydrogen-bond acceptors (Lipinski definition) is 3. The van der Waals surface area contributed by atoms with Crippen LogP contribution < -0.4 is 4.74 Å². The van der Waals surface area contributed by atoms with E-state index in [9.17, 15) is 4.79 Å². The number of carboxylic acids is 1. The van der Waals surface area contributed by atoms with Crippen LogP contribution in [0.25, 0.3) is 0 Å². The quantitative estimate of drug-likeness (QED) is 0.823. The molecular formula is C13H18O4. The van der Waals surface area contributed by atoms with Crippen molar-refractivity contribution in [2.75, 3.05) is 13.7 Å². The maximum Gasteiger partial charge on any atom is 0.313 e. The summed E-state index contributed by atoms with van der Waals surface area (Å²) in [6.07, 6.45) is 0. The molecule has 0 saturated heterocycles. The third kappa shape index (κ3) is 2.97. The van der Waals surface area contributed by atoms with Crippen LogP contribution in [-0.4, -0.2) is 29.9 Å². The van der Waals surface area contributed by atoms with Gasteiger partial charge in [-0.1, -0.05) is 26.0 Å². The number of benzene rings is 1. The van der Waals surface area contributed by atoms with E-state index in [4.69, 9.17) is 14.9 Å². The molecule has 1 atom stereocenters. The van der Waals surface area contributed by atoms with Crippen molar-refractivity contribution >= 4 is 5.97 Å². The molecule has 4 heteroatoms. The lowest BCUT2D eigenvalue weighted by molar-refractivity contribution is -0.139. The molecule has 0 saturated carbocycles. The first kappa shape index (κ1) is 13.5. The van der Waals surface area contributed by atoms with Crippen LogP contribution in [-0.2, 0) is 4.79 Å². The van der Waals surface area contributed by atoms with Crippen molar-refractivity contribution in [2.24, 2.45) is 0 Å². The van der Waals surface area contributed by atoms with Crippen LogP contribution >= 0.6 is 0 Å². The minimum Gasteiger partial charge on any atom is -0.496 e. The molecule has 0 aliphatic heterocycles. The molecule has 1 aromatic rings. The number of carbonyl (C=O) groups is 1. The van der Waals surface area contributed by atoms with Gasteiger partial charge in [0.1, 0.15) is 11.7 Å². The van der Waals surface area contributed by atoms with Crippen LogP contribution in [0.1, 0.15) is 36.8 Å². The molecule has 0 spiro atoms. The van der Waals surface area contributed by atoms with Gasteiger partial charge < -0.3 is 14.9 Å². The number of carboxylic acid groups (broad SMARTS) is 1. The van der Waals surface area contributed by atoms with Gasteiger partial charge in [-0.3, -0.25) is 4.79 Å². The van der Waals surface area contributed by atoms with Gasteiger partial charge in [0.05, 0.1) is 13.7 Å². The van der Waals surface area contributed by atoms with Gasteiger partial charge in [0.15, 0.2) is 0 Å². The van der Waals surface area contributed by atoms with Gasteiger partial charge in [-0.2, -0.15) is 0 Å². The van der Waals surface area contributed by atoms with Crippen LogP contribution in [0, 0.1) is 0 Å². The van der Waals surface area contributed by atoms with E-state index in [2.05, 4.69) is 0 Å². The Morgan fingerprint density at radius 3 is 2.47 bits per heavy atom. The second kappa shape index (κ2) is 5.68. The topological polar surface area (TPSA) is 66.8 Å². The summed E-state index contributed by atoms with van der Waals surface area (Å²) in [7, 11) is 1.58. The lowest BCUT2D eigenvalue weighted by atomic mass is 9.93. The number of aliphatic hydroxyl groups excluding tert-OH is 1. The average molecular weight is 238 g/mol. The van der Waals surface area contributed by atoms with Crippen molar-refractivity contribution in [3.63, 3.8) is 0 Å². The van der Waals surface area contributed by atoms with Gasteiger partial charge in [0, 0.05) is 0 Å². The zero-order valence-electron chi connectivity index (χ0n) is 10.3. The van der Waals surface area contributed by atoms with Crippen LogP contribution in [0.2, 0.25) is 0 Å². The molecule has 0 amide bonds. The van der Waals surface area contributed by atoms with Crippen LogP contribution in [0.4, 0.5) is 0 Å². The molecule has 0 heterocycles. The Morgan fingerprint density at radius 1 is 1.41 bits per heavy atom. The van der Waals surface area contributed by atoms with Crippen molar-refractivity contribution in [2.45, 2.75) is 25.7 Å². The van der Waals surface area contributed by atoms with Crippen molar-refractivity contribution in [3.8, 4) is 5.75 Å². The zero-order valence-corrected chi connectivity index (χ0v) is 10.3. The molecule has 0 fully saturated rings. The zero-order chi connectivity index (χ0) is 13.0. The molecule has 0 aliphatic rings. The number of aliphatic hydroxyl groups is 1. The van der Waals surface area contributed by atoms with E-state index in [1.54, 1.807) is 25.3 Å². The van der Waals surface area contributed by atoms with Crippen LogP contribution in [0.15, 0.2) is 18.2 Å². The van der Waals surface area contributed by atoms with Crippen molar-refractivity contribution < 1.29 is 19.7 Å². The average Bonchev–Trinajstić information content (AvgIpc) is 2.29. The Bertz CT molecular complexity index is 398. The molecular weight excluding hydrogens is 220 g/mol. The largest absolute Gasteiger partial charge is 0.496 e. The molecule has 1 aromatic carbocycles. The summed E-state index contributed by atoms with van der Waals surface area (Å²) in [5.41, 5.74) is 1.55. The minimum atomic E-state index is -1.02. The monoisotopic (exact) mass is 238 g/mol. The van der Waals surface area contributed by atoms with E-state index in [1.807, 2.05) is 13.8 Å². The number of ether oxygens (including phenoxy) is 1. The highest BCUT2D eigenvalue weighted by Gasteiger charge is 2.20. The smallest absolute Gasteiger partial charge is 0.313 e.